The van der Waals surface area contributed by atoms with Gasteiger partial charge in [-0.3, -0.25) is 10.1 Å². The SMILES string of the molecule is CCC1NC(C(C)C)N(CC2CCSC2)C1=O. The molecule has 0 radical (unpaired) electrons. The predicted molar refractivity (Wildman–Crippen MR) is 73.0 cm³/mol. The summed E-state index contributed by atoms with van der Waals surface area (Å²) in [5, 5.41) is 3.48. The highest BCUT2D eigenvalue weighted by Gasteiger charge is 2.40. The molecule has 3 unspecified atom stereocenters. The second-order valence-corrected chi connectivity index (χ2v) is 6.69. The molecular formula is C13H24N2OS. The van der Waals surface area contributed by atoms with E-state index in [4.69, 9.17) is 0 Å². The van der Waals surface area contributed by atoms with Crippen molar-refractivity contribution >= 4 is 17.7 Å². The van der Waals surface area contributed by atoms with Crippen LogP contribution in [-0.2, 0) is 4.79 Å². The maximum atomic E-state index is 12.3. The summed E-state index contributed by atoms with van der Waals surface area (Å²) in [5.74, 6) is 4.02. The van der Waals surface area contributed by atoms with E-state index in [2.05, 4.69) is 31.0 Å². The number of hydrogen-bond donors (Lipinski definition) is 1. The lowest BCUT2D eigenvalue weighted by Gasteiger charge is -2.29. The van der Waals surface area contributed by atoms with Gasteiger partial charge in [0.05, 0.1) is 12.2 Å². The van der Waals surface area contributed by atoms with Crippen molar-refractivity contribution in [2.75, 3.05) is 18.1 Å². The highest BCUT2D eigenvalue weighted by atomic mass is 32.2. The first-order valence-electron chi connectivity index (χ1n) is 6.77. The highest BCUT2D eigenvalue weighted by Crippen LogP contribution is 2.27. The first kappa shape index (κ1) is 13.2. The Kier molecular flexibility index (Phi) is 4.36. The molecular weight excluding hydrogens is 232 g/mol. The Labute approximate surface area is 109 Å². The largest absolute Gasteiger partial charge is 0.325 e. The molecule has 0 aromatic rings. The van der Waals surface area contributed by atoms with Crippen molar-refractivity contribution in [3.63, 3.8) is 0 Å². The molecule has 0 saturated carbocycles. The maximum Gasteiger partial charge on any atom is 0.241 e. The summed E-state index contributed by atoms with van der Waals surface area (Å²) in [6, 6.07) is 0.0523. The lowest BCUT2D eigenvalue weighted by atomic mass is 10.1. The summed E-state index contributed by atoms with van der Waals surface area (Å²) in [7, 11) is 0. The highest BCUT2D eigenvalue weighted by molar-refractivity contribution is 7.99. The minimum atomic E-state index is 0.0523. The fraction of sp³-hybridized carbons (Fsp3) is 0.923. The van der Waals surface area contributed by atoms with Crippen molar-refractivity contribution in [1.29, 1.82) is 0 Å². The molecule has 2 saturated heterocycles. The van der Waals surface area contributed by atoms with Gasteiger partial charge in [-0.15, -0.1) is 0 Å². The molecule has 2 fully saturated rings. The Bertz CT molecular complexity index is 277. The Hall–Kier alpha value is -0.220. The average Bonchev–Trinajstić information content (AvgIpc) is 2.89. The van der Waals surface area contributed by atoms with Crippen LogP contribution in [0.1, 0.15) is 33.6 Å². The molecule has 3 atom stereocenters. The third kappa shape index (κ3) is 2.79. The molecule has 0 aromatic heterocycles. The Morgan fingerprint density at radius 2 is 2.29 bits per heavy atom. The molecule has 0 aliphatic carbocycles. The van der Waals surface area contributed by atoms with Gasteiger partial charge in [0, 0.05) is 6.54 Å². The van der Waals surface area contributed by atoms with Crippen molar-refractivity contribution in [3.05, 3.63) is 0 Å². The third-order valence-electron chi connectivity index (χ3n) is 3.81. The van der Waals surface area contributed by atoms with E-state index in [1.165, 1.54) is 17.9 Å². The zero-order chi connectivity index (χ0) is 12.4. The molecule has 2 aliphatic heterocycles. The molecule has 1 amide bonds. The summed E-state index contributed by atoms with van der Waals surface area (Å²) in [4.78, 5) is 14.4. The number of carbonyl (C=O) groups is 1. The molecule has 0 aromatic carbocycles. The summed E-state index contributed by atoms with van der Waals surface area (Å²) < 4.78 is 0. The minimum Gasteiger partial charge on any atom is -0.325 e. The molecule has 2 rings (SSSR count). The van der Waals surface area contributed by atoms with E-state index in [0.29, 0.717) is 17.7 Å². The van der Waals surface area contributed by atoms with Crippen LogP contribution in [0.15, 0.2) is 0 Å². The first-order valence-corrected chi connectivity index (χ1v) is 7.93. The van der Waals surface area contributed by atoms with Gasteiger partial charge >= 0.3 is 0 Å². The van der Waals surface area contributed by atoms with Gasteiger partial charge in [-0.25, -0.2) is 0 Å². The number of thioether (sulfide) groups is 1. The van der Waals surface area contributed by atoms with Crippen molar-refractivity contribution in [1.82, 2.24) is 10.2 Å². The third-order valence-corrected chi connectivity index (χ3v) is 5.04. The van der Waals surface area contributed by atoms with Gasteiger partial charge < -0.3 is 4.90 Å². The molecule has 17 heavy (non-hydrogen) atoms. The minimum absolute atomic E-state index is 0.0523. The average molecular weight is 256 g/mol. The molecule has 98 valence electrons. The number of amides is 1. The van der Waals surface area contributed by atoms with Gasteiger partial charge in [0.25, 0.3) is 0 Å². The van der Waals surface area contributed by atoms with E-state index in [9.17, 15) is 4.79 Å². The quantitative estimate of drug-likeness (QED) is 0.834. The topological polar surface area (TPSA) is 32.3 Å². The second-order valence-electron chi connectivity index (χ2n) is 5.54. The second kappa shape index (κ2) is 5.61. The standard InChI is InChI=1S/C13H24N2OS/c1-4-11-13(16)15(12(14-11)9(2)3)7-10-5-6-17-8-10/h9-12,14H,4-8H2,1-3H3. The van der Waals surface area contributed by atoms with Gasteiger partial charge in [0.1, 0.15) is 0 Å². The van der Waals surface area contributed by atoms with Gasteiger partial charge in [-0.2, -0.15) is 11.8 Å². The van der Waals surface area contributed by atoms with Crippen LogP contribution in [-0.4, -0.2) is 41.1 Å². The number of rotatable bonds is 4. The number of hydrogen-bond acceptors (Lipinski definition) is 3. The molecule has 1 N–H and O–H groups in total. The van der Waals surface area contributed by atoms with Crippen LogP contribution in [0.2, 0.25) is 0 Å². The van der Waals surface area contributed by atoms with E-state index >= 15 is 0 Å². The number of nitrogens with zero attached hydrogens (tertiary/aromatic N) is 1. The lowest BCUT2D eigenvalue weighted by Crippen LogP contribution is -2.43. The predicted octanol–water partition coefficient (Wildman–Crippen LogP) is 1.93. The van der Waals surface area contributed by atoms with Crippen molar-refractivity contribution < 1.29 is 4.79 Å². The van der Waals surface area contributed by atoms with E-state index in [1.54, 1.807) is 0 Å². The summed E-state index contributed by atoms with van der Waals surface area (Å²) >= 11 is 2.02. The van der Waals surface area contributed by atoms with E-state index < -0.39 is 0 Å². The zero-order valence-corrected chi connectivity index (χ0v) is 11.9. The van der Waals surface area contributed by atoms with Crippen LogP contribution < -0.4 is 5.32 Å². The molecule has 0 spiro atoms. The van der Waals surface area contributed by atoms with Crippen molar-refractivity contribution in [2.24, 2.45) is 11.8 Å². The van der Waals surface area contributed by atoms with E-state index in [0.717, 1.165) is 13.0 Å². The van der Waals surface area contributed by atoms with Crippen molar-refractivity contribution in [3.8, 4) is 0 Å². The molecule has 2 aliphatic rings. The first-order chi connectivity index (χ1) is 8.13. The van der Waals surface area contributed by atoms with Crippen LogP contribution in [0.5, 0.6) is 0 Å². The van der Waals surface area contributed by atoms with Gasteiger partial charge in [0.2, 0.25) is 5.91 Å². The molecule has 0 bridgehead atoms. The number of carbonyl (C=O) groups excluding carboxylic acids is 1. The monoisotopic (exact) mass is 256 g/mol. The summed E-state index contributed by atoms with van der Waals surface area (Å²) in [5.41, 5.74) is 0. The van der Waals surface area contributed by atoms with Crippen LogP contribution in [0, 0.1) is 11.8 Å². The summed E-state index contributed by atoms with van der Waals surface area (Å²) in [6.07, 6.45) is 2.42. The van der Waals surface area contributed by atoms with Gasteiger partial charge in [-0.1, -0.05) is 20.8 Å². The Balaban J connectivity index is 2.02. The van der Waals surface area contributed by atoms with E-state index in [-0.39, 0.29) is 12.2 Å². The zero-order valence-electron chi connectivity index (χ0n) is 11.1. The van der Waals surface area contributed by atoms with E-state index in [1.807, 2.05) is 11.8 Å². The molecule has 4 heteroatoms. The van der Waals surface area contributed by atoms with Crippen LogP contribution in [0.4, 0.5) is 0 Å². The van der Waals surface area contributed by atoms with Gasteiger partial charge in [-0.05, 0) is 36.2 Å². The van der Waals surface area contributed by atoms with Crippen LogP contribution >= 0.6 is 11.8 Å². The van der Waals surface area contributed by atoms with Gasteiger partial charge in [0.15, 0.2) is 0 Å². The lowest BCUT2D eigenvalue weighted by molar-refractivity contribution is -0.131. The fourth-order valence-corrected chi connectivity index (χ4v) is 4.03. The normalized spacial score (nSPS) is 34.0. The van der Waals surface area contributed by atoms with Crippen LogP contribution in [0.3, 0.4) is 0 Å². The Morgan fingerprint density at radius 3 is 2.82 bits per heavy atom. The molecule has 2 heterocycles. The maximum absolute atomic E-state index is 12.3. The molecule has 3 nitrogen and oxygen atoms in total. The fourth-order valence-electron chi connectivity index (χ4n) is 2.76. The van der Waals surface area contributed by atoms with Crippen LogP contribution in [0.25, 0.3) is 0 Å². The number of nitrogens with one attached hydrogen (secondary N) is 1. The smallest absolute Gasteiger partial charge is 0.241 e. The van der Waals surface area contributed by atoms with Crippen molar-refractivity contribution in [2.45, 2.75) is 45.8 Å². The Morgan fingerprint density at radius 1 is 1.53 bits per heavy atom. The summed E-state index contributed by atoms with van der Waals surface area (Å²) in [6.45, 7) is 7.43.